The predicted molar refractivity (Wildman–Crippen MR) is 105 cm³/mol. The molecule has 0 fully saturated rings. The van der Waals surface area contributed by atoms with Gasteiger partial charge < -0.3 is 14.6 Å². The van der Waals surface area contributed by atoms with Crippen LogP contribution in [-0.4, -0.2) is 22.2 Å². The van der Waals surface area contributed by atoms with Crippen LogP contribution in [0.25, 0.3) is 11.4 Å². The summed E-state index contributed by atoms with van der Waals surface area (Å²) in [5, 5.41) is 6.74. The topological polar surface area (TPSA) is 77.2 Å². The molecule has 1 unspecified atom stereocenters. The van der Waals surface area contributed by atoms with Crippen LogP contribution in [-0.2, 0) is 24.2 Å². The molecule has 3 aromatic rings. The highest BCUT2D eigenvalue weighted by atomic mass is 16.5. The zero-order chi connectivity index (χ0) is 19.3. The number of aromatic nitrogens is 2. The Morgan fingerprint density at radius 3 is 2.75 bits per heavy atom. The molecule has 6 nitrogen and oxygen atoms in total. The molecule has 1 N–H and O–H groups in total. The first-order valence-electron chi connectivity index (χ1n) is 9.63. The van der Waals surface area contributed by atoms with Crippen LogP contribution < -0.4 is 10.1 Å². The molecular weight excluding hydrogens is 354 g/mol. The third-order valence-corrected chi connectivity index (χ3v) is 4.92. The van der Waals surface area contributed by atoms with Crippen LogP contribution in [0.4, 0.5) is 0 Å². The Morgan fingerprint density at radius 1 is 1.14 bits per heavy atom. The highest BCUT2D eigenvalue weighted by molar-refractivity contribution is 5.80. The summed E-state index contributed by atoms with van der Waals surface area (Å²) in [6.45, 7) is 1.90. The van der Waals surface area contributed by atoms with Gasteiger partial charge in [-0.1, -0.05) is 41.6 Å². The Bertz CT molecular complexity index is 953. The van der Waals surface area contributed by atoms with Gasteiger partial charge in [-0.15, -0.1) is 0 Å². The summed E-state index contributed by atoms with van der Waals surface area (Å²) in [5.74, 6) is 1.36. The number of hydrogen-bond donors (Lipinski definition) is 1. The Kier molecular flexibility index (Phi) is 5.37. The molecule has 0 radical (unpaired) electrons. The molecule has 1 aromatic heterocycles. The van der Waals surface area contributed by atoms with Gasteiger partial charge in [0.25, 0.3) is 5.91 Å². The van der Waals surface area contributed by atoms with E-state index in [1.165, 1.54) is 24.0 Å². The smallest absolute Gasteiger partial charge is 0.261 e. The summed E-state index contributed by atoms with van der Waals surface area (Å²) in [7, 11) is 0. The summed E-state index contributed by atoms with van der Waals surface area (Å²) >= 11 is 0. The van der Waals surface area contributed by atoms with E-state index >= 15 is 0 Å². The van der Waals surface area contributed by atoms with E-state index in [2.05, 4.69) is 27.6 Å². The van der Waals surface area contributed by atoms with E-state index in [-0.39, 0.29) is 12.5 Å². The largest absolute Gasteiger partial charge is 0.481 e. The van der Waals surface area contributed by atoms with Crippen molar-refractivity contribution in [2.75, 3.05) is 0 Å². The number of nitrogens with zero attached hydrogens (tertiary/aromatic N) is 2. The minimum atomic E-state index is -0.613. The minimum absolute atomic E-state index is 0.163. The number of benzene rings is 2. The molecular formula is C22H23N3O3. The first kappa shape index (κ1) is 18.2. The predicted octanol–water partition coefficient (Wildman–Crippen LogP) is 3.70. The highest BCUT2D eigenvalue weighted by Gasteiger charge is 2.17. The molecule has 1 heterocycles. The lowest BCUT2D eigenvalue weighted by Gasteiger charge is -2.19. The third-order valence-electron chi connectivity index (χ3n) is 4.92. The Hall–Kier alpha value is -3.15. The van der Waals surface area contributed by atoms with Crippen molar-refractivity contribution >= 4 is 5.91 Å². The number of rotatable bonds is 6. The van der Waals surface area contributed by atoms with Crippen molar-refractivity contribution < 1.29 is 14.1 Å². The fourth-order valence-corrected chi connectivity index (χ4v) is 3.38. The third kappa shape index (κ3) is 4.22. The van der Waals surface area contributed by atoms with Crippen LogP contribution in [0.1, 0.15) is 36.8 Å². The molecule has 0 spiro atoms. The van der Waals surface area contributed by atoms with Gasteiger partial charge in [0, 0.05) is 5.56 Å². The molecule has 1 aliphatic rings. The number of fused-ring (bicyclic) bond motifs is 1. The number of hydrogen-bond acceptors (Lipinski definition) is 5. The molecule has 1 atom stereocenters. The second kappa shape index (κ2) is 8.25. The van der Waals surface area contributed by atoms with E-state index in [4.69, 9.17) is 9.26 Å². The zero-order valence-electron chi connectivity index (χ0n) is 15.9. The van der Waals surface area contributed by atoms with Gasteiger partial charge in [-0.25, -0.2) is 0 Å². The Labute approximate surface area is 163 Å². The van der Waals surface area contributed by atoms with Gasteiger partial charge in [-0.3, -0.25) is 4.79 Å². The number of carbonyl (C=O) groups excluding carboxylic acids is 1. The number of amides is 1. The summed E-state index contributed by atoms with van der Waals surface area (Å²) in [5.41, 5.74) is 3.59. The first-order chi connectivity index (χ1) is 13.7. The van der Waals surface area contributed by atoms with Gasteiger partial charge in [0.15, 0.2) is 6.10 Å². The minimum Gasteiger partial charge on any atom is -0.481 e. The maximum Gasteiger partial charge on any atom is 0.261 e. The molecule has 144 valence electrons. The Balaban J connectivity index is 1.32. The lowest BCUT2D eigenvalue weighted by molar-refractivity contribution is -0.127. The van der Waals surface area contributed by atoms with Crippen LogP contribution in [0.5, 0.6) is 5.75 Å². The normalized spacial score (nSPS) is 14.2. The summed E-state index contributed by atoms with van der Waals surface area (Å²) in [6.07, 6.45) is 4.04. The van der Waals surface area contributed by atoms with E-state index in [1.807, 2.05) is 36.4 Å². The average Bonchev–Trinajstić information content (AvgIpc) is 3.21. The van der Waals surface area contributed by atoms with Crippen LogP contribution in [0.15, 0.2) is 53.1 Å². The second-order valence-electron chi connectivity index (χ2n) is 6.99. The van der Waals surface area contributed by atoms with Crippen LogP contribution in [0.2, 0.25) is 0 Å². The molecule has 1 amide bonds. The summed E-state index contributed by atoms with van der Waals surface area (Å²) in [4.78, 5) is 16.7. The number of carbonyl (C=O) groups is 1. The lowest BCUT2D eigenvalue weighted by Crippen LogP contribution is -2.36. The number of ether oxygens (including phenoxy) is 1. The van der Waals surface area contributed by atoms with Crippen LogP contribution in [0.3, 0.4) is 0 Å². The molecule has 0 bridgehead atoms. The van der Waals surface area contributed by atoms with E-state index in [9.17, 15) is 4.79 Å². The zero-order valence-corrected chi connectivity index (χ0v) is 15.9. The first-order valence-corrected chi connectivity index (χ1v) is 9.63. The van der Waals surface area contributed by atoms with Gasteiger partial charge in [-0.2, -0.15) is 4.98 Å². The monoisotopic (exact) mass is 377 g/mol. The maximum atomic E-state index is 12.4. The molecule has 6 heteroatoms. The summed E-state index contributed by atoms with van der Waals surface area (Å²) < 4.78 is 11.0. The standard InChI is InChI=1S/C22H23N3O3/c1-15(27-19-12-11-16-7-5-6-10-18(16)13-19)22(26)23-14-20-24-21(25-28-20)17-8-3-2-4-9-17/h2-4,8-9,11-13,15H,5-7,10,14H2,1H3,(H,23,26). The van der Waals surface area contributed by atoms with Crippen molar-refractivity contribution in [3.05, 3.63) is 65.5 Å². The SMILES string of the molecule is CC(Oc1ccc2c(c1)CCCC2)C(=O)NCc1nc(-c2ccccc2)no1. The van der Waals surface area contributed by atoms with Crippen LogP contribution in [0, 0.1) is 0 Å². The summed E-state index contributed by atoms with van der Waals surface area (Å²) in [6, 6.07) is 15.7. The van der Waals surface area contributed by atoms with Crippen molar-refractivity contribution in [1.29, 1.82) is 0 Å². The number of nitrogens with one attached hydrogen (secondary N) is 1. The van der Waals surface area contributed by atoms with Gasteiger partial charge in [0.2, 0.25) is 11.7 Å². The van der Waals surface area contributed by atoms with Gasteiger partial charge in [0.1, 0.15) is 5.75 Å². The van der Waals surface area contributed by atoms with Crippen molar-refractivity contribution in [1.82, 2.24) is 15.5 Å². The van der Waals surface area contributed by atoms with Crippen molar-refractivity contribution in [3.63, 3.8) is 0 Å². The van der Waals surface area contributed by atoms with Gasteiger partial charge >= 0.3 is 0 Å². The van der Waals surface area contributed by atoms with Crippen LogP contribution >= 0.6 is 0 Å². The average molecular weight is 377 g/mol. The molecule has 1 aliphatic carbocycles. The van der Waals surface area contributed by atoms with Crippen molar-refractivity contribution in [2.24, 2.45) is 0 Å². The maximum absolute atomic E-state index is 12.4. The molecule has 4 rings (SSSR count). The molecule has 0 saturated carbocycles. The number of aryl methyl sites for hydroxylation is 2. The van der Waals surface area contributed by atoms with E-state index in [0.717, 1.165) is 24.2 Å². The molecule has 28 heavy (non-hydrogen) atoms. The quantitative estimate of drug-likeness (QED) is 0.709. The molecule has 0 aliphatic heterocycles. The fraction of sp³-hybridized carbons (Fsp3) is 0.318. The van der Waals surface area contributed by atoms with E-state index < -0.39 is 6.10 Å². The molecule has 0 saturated heterocycles. The fourth-order valence-electron chi connectivity index (χ4n) is 3.38. The van der Waals surface area contributed by atoms with Gasteiger partial charge in [-0.05, 0) is 55.9 Å². The van der Waals surface area contributed by atoms with Crippen molar-refractivity contribution in [3.8, 4) is 17.1 Å². The highest BCUT2D eigenvalue weighted by Crippen LogP contribution is 2.25. The van der Waals surface area contributed by atoms with E-state index in [0.29, 0.717) is 11.7 Å². The van der Waals surface area contributed by atoms with Gasteiger partial charge in [0.05, 0.1) is 6.54 Å². The van der Waals surface area contributed by atoms with Crippen molar-refractivity contribution in [2.45, 2.75) is 45.3 Å². The Morgan fingerprint density at radius 2 is 1.93 bits per heavy atom. The van der Waals surface area contributed by atoms with E-state index in [1.54, 1.807) is 6.92 Å². The second-order valence-corrected chi connectivity index (χ2v) is 6.99. The lowest BCUT2D eigenvalue weighted by atomic mass is 9.92. The molecule has 2 aromatic carbocycles.